The number of nitrogens with two attached hydrogens (primary N) is 1. The lowest BCUT2D eigenvalue weighted by Crippen LogP contribution is -1.99. The van der Waals surface area contributed by atoms with Gasteiger partial charge in [-0.2, -0.15) is 10.2 Å². The number of aromatic amines is 1. The summed E-state index contributed by atoms with van der Waals surface area (Å²) >= 11 is 0. The summed E-state index contributed by atoms with van der Waals surface area (Å²) in [4.78, 5) is 15.3. The molecule has 3 rings (SSSR count). The number of methoxy groups -OCH3 is 1. The van der Waals surface area contributed by atoms with Crippen molar-refractivity contribution in [3.63, 3.8) is 0 Å². The first kappa shape index (κ1) is 11.9. The predicted octanol–water partition coefficient (Wildman–Crippen LogP) is 1.48. The summed E-state index contributed by atoms with van der Waals surface area (Å²) in [6.45, 7) is 0. The molecule has 2 aromatic heterocycles. The average Bonchev–Trinajstić information content (AvgIpc) is 2.93. The molecule has 2 heterocycles. The molecule has 7 heteroatoms. The van der Waals surface area contributed by atoms with E-state index < -0.39 is 0 Å². The normalized spacial score (nSPS) is 10.4. The van der Waals surface area contributed by atoms with Gasteiger partial charge in [0.1, 0.15) is 17.0 Å². The lowest BCUT2D eigenvalue weighted by atomic mass is 10.1. The second kappa shape index (κ2) is 4.51. The average molecular weight is 266 g/mol. The Labute approximate surface area is 114 Å². The van der Waals surface area contributed by atoms with Gasteiger partial charge in [-0.1, -0.05) is 0 Å². The first-order valence-corrected chi connectivity index (χ1v) is 5.78. The van der Waals surface area contributed by atoms with E-state index >= 15 is 0 Å². The maximum absolute atomic E-state index is 9.03. The number of rotatable bonds is 2. The van der Waals surface area contributed by atoms with E-state index in [1.165, 1.54) is 6.33 Å². The van der Waals surface area contributed by atoms with Crippen molar-refractivity contribution in [2.45, 2.75) is 0 Å². The van der Waals surface area contributed by atoms with Crippen molar-refractivity contribution in [1.82, 2.24) is 19.9 Å². The van der Waals surface area contributed by atoms with Crippen LogP contribution >= 0.6 is 0 Å². The largest absolute Gasteiger partial charge is 0.496 e. The molecule has 0 amide bonds. The SMILES string of the molecule is COc1ccc(C#N)cc1-c1nc(N)nc2nc[nH]c12. The summed E-state index contributed by atoms with van der Waals surface area (Å²) < 4.78 is 5.32. The molecule has 98 valence electrons. The Kier molecular flexibility index (Phi) is 2.69. The summed E-state index contributed by atoms with van der Waals surface area (Å²) in [5, 5.41) is 9.03. The van der Waals surface area contributed by atoms with Crippen molar-refractivity contribution in [3.8, 4) is 23.1 Å². The van der Waals surface area contributed by atoms with Crippen molar-refractivity contribution in [1.29, 1.82) is 5.26 Å². The number of nitrogens with one attached hydrogen (secondary N) is 1. The Hall–Kier alpha value is -3.14. The molecule has 0 fully saturated rings. The van der Waals surface area contributed by atoms with Crippen LogP contribution in [-0.4, -0.2) is 27.0 Å². The van der Waals surface area contributed by atoms with Crippen molar-refractivity contribution in [2.24, 2.45) is 0 Å². The predicted molar refractivity (Wildman–Crippen MR) is 72.8 cm³/mol. The molecule has 0 aliphatic carbocycles. The van der Waals surface area contributed by atoms with Crippen LogP contribution in [0.15, 0.2) is 24.5 Å². The van der Waals surface area contributed by atoms with Gasteiger partial charge in [-0.25, -0.2) is 9.97 Å². The van der Waals surface area contributed by atoms with Crippen molar-refractivity contribution in [2.75, 3.05) is 12.8 Å². The first-order chi connectivity index (χ1) is 9.72. The molecule has 3 N–H and O–H groups in total. The highest BCUT2D eigenvalue weighted by Crippen LogP contribution is 2.33. The van der Waals surface area contributed by atoms with E-state index in [0.29, 0.717) is 33.7 Å². The topological polar surface area (TPSA) is 114 Å². The van der Waals surface area contributed by atoms with E-state index in [4.69, 9.17) is 15.7 Å². The Morgan fingerprint density at radius 2 is 2.20 bits per heavy atom. The summed E-state index contributed by atoms with van der Waals surface area (Å²) in [5.41, 5.74) is 8.54. The van der Waals surface area contributed by atoms with Crippen LogP contribution in [-0.2, 0) is 0 Å². The van der Waals surface area contributed by atoms with Gasteiger partial charge in [0.25, 0.3) is 0 Å². The van der Waals surface area contributed by atoms with Gasteiger partial charge in [0.05, 0.1) is 25.1 Å². The highest BCUT2D eigenvalue weighted by molar-refractivity contribution is 5.90. The van der Waals surface area contributed by atoms with E-state index in [9.17, 15) is 0 Å². The van der Waals surface area contributed by atoms with Crippen LogP contribution in [0.1, 0.15) is 5.56 Å². The van der Waals surface area contributed by atoms with Gasteiger partial charge in [0.15, 0.2) is 5.65 Å². The van der Waals surface area contributed by atoms with Crippen LogP contribution in [0.5, 0.6) is 5.75 Å². The zero-order valence-corrected chi connectivity index (χ0v) is 10.6. The molecule has 3 aromatic rings. The van der Waals surface area contributed by atoms with Crippen molar-refractivity contribution >= 4 is 17.1 Å². The summed E-state index contributed by atoms with van der Waals surface area (Å²) in [5.74, 6) is 0.710. The zero-order valence-electron chi connectivity index (χ0n) is 10.6. The Morgan fingerprint density at radius 3 is 2.95 bits per heavy atom. The van der Waals surface area contributed by atoms with E-state index in [1.807, 2.05) is 0 Å². The zero-order chi connectivity index (χ0) is 14.1. The maximum Gasteiger partial charge on any atom is 0.222 e. The molecule has 1 aromatic carbocycles. The first-order valence-electron chi connectivity index (χ1n) is 5.78. The van der Waals surface area contributed by atoms with Gasteiger partial charge in [-0.3, -0.25) is 0 Å². The van der Waals surface area contributed by atoms with Gasteiger partial charge >= 0.3 is 0 Å². The minimum absolute atomic E-state index is 0.115. The number of ether oxygens (including phenoxy) is 1. The van der Waals surface area contributed by atoms with Gasteiger partial charge in [-0.05, 0) is 18.2 Å². The van der Waals surface area contributed by atoms with Gasteiger partial charge < -0.3 is 15.5 Å². The van der Waals surface area contributed by atoms with Crippen molar-refractivity contribution < 1.29 is 4.74 Å². The monoisotopic (exact) mass is 266 g/mol. The van der Waals surface area contributed by atoms with Crippen LogP contribution < -0.4 is 10.5 Å². The van der Waals surface area contributed by atoms with Crippen LogP contribution in [0.3, 0.4) is 0 Å². The van der Waals surface area contributed by atoms with E-state index in [1.54, 1.807) is 25.3 Å². The molecule has 7 nitrogen and oxygen atoms in total. The fourth-order valence-corrected chi connectivity index (χ4v) is 2.01. The number of fused-ring (bicyclic) bond motifs is 1. The molecule has 0 atom stereocenters. The maximum atomic E-state index is 9.03. The molecule has 0 saturated carbocycles. The van der Waals surface area contributed by atoms with E-state index in [0.717, 1.165) is 0 Å². The number of H-pyrrole nitrogens is 1. The van der Waals surface area contributed by atoms with Crippen LogP contribution in [0.4, 0.5) is 5.95 Å². The third-order valence-electron chi connectivity index (χ3n) is 2.89. The number of nitrogens with zero attached hydrogens (tertiary/aromatic N) is 4. The third kappa shape index (κ3) is 1.80. The summed E-state index contributed by atoms with van der Waals surface area (Å²) in [7, 11) is 1.56. The fraction of sp³-hybridized carbons (Fsp3) is 0.0769. The Morgan fingerprint density at radius 1 is 1.35 bits per heavy atom. The minimum atomic E-state index is 0.115. The molecule has 0 radical (unpaired) electrons. The Balaban J connectivity index is 2.35. The second-order valence-corrected chi connectivity index (χ2v) is 4.06. The number of anilines is 1. The number of nitrogen functional groups attached to an aromatic ring is 1. The van der Waals surface area contributed by atoms with Gasteiger partial charge in [0, 0.05) is 5.56 Å². The van der Waals surface area contributed by atoms with Crippen LogP contribution in [0, 0.1) is 11.3 Å². The molecule has 20 heavy (non-hydrogen) atoms. The molecule has 0 bridgehead atoms. The number of aromatic nitrogens is 4. The molecular weight excluding hydrogens is 256 g/mol. The molecule has 0 aliphatic heterocycles. The fourth-order valence-electron chi connectivity index (χ4n) is 2.01. The number of hydrogen-bond acceptors (Lipinski definition) is 6. The van der Waals surface area contributed by atoms with Gasteiger partial charge in [0.2, 0.25) is 5.95 Å². The molecular formula is C13H10N6O. The number of imidazole rings is 1. The van der Waals surface area contributed by atoms with Crippen LogP contribution in [0.2, 0.25) is 0 Å². The van der Waals surface area contributed by atoms with Gasteiger partial charge in [-0.15, -0.1) is 0 Å². The second-order valence-electron chi connectivity index (χ2n) is 4.06. The third-order valence-corrected chi connectivity index (χ3v) is 2.89. The van der Waals surface area contributed by atoms with E-state index in [2.05, 4.69) is 26.0 Å². The minimum Gasteiger partial charge on any atom is -0.496 e. The number of hydrogen-bond donors (Lipinski definition) is 2. The highest BCUT2D eigenvalue weighted by atomic mass is 16.5. The lowest BCUT2D eigenvalue weighted by molar-refractivity contribution is 0.416. The van der Waals surface area contributed by atoms with E-state index in [-0.39, 0.29) is 5.95 Å². The molecule has 0 saturated heterocycles. The van der Waals surface area contributed by atoms with Crippen molar-refractivity contribution in [3.05, 3.63) is 30.1 Å². The Bertz CT molecular complexity index is 832. The standard InChI is InChI=1S/C13H10N6O/c1-20-9-3-2-7(5-14)4-8(9)10-11-12(17-6-16-11)19-13(15)18-10/h2-4,6H,1H3,(H3,15,16,17,18,19). The summed E-state index contributed by atoms with van der Waals surface area (Å²) in [6, 6.07) is 7.18. The lowest BCUT2D eigenvalue weighted by Gasteiger charge is -2.09. The molecule has 0 spiro atoms. The highest BCUT2D eigenvalue weighted by Gasteiger charge is 2.15. The molecule has 0 unspecified atom stereocenters. The number of nitriles is 1. The smallest absolute Gasteiger partial charge is 0.222 e. The van der Waals surface area contributed by atoms with Crippen LogP contribution in [0.25, 0.3) is 22.4 Å². The molecule has 0 aliphatic rings. The number of benzene rings is 1. The quantitative estimate of drug-likeness (QED) is 0.726. The summed E-state index contributed by atoms with van der Waals surface area (Å²) in [6.07, 6.45) is 1.52.